The SMILES string of the molecule is CN(CCCN(C)CCN=c1c2ccccc2n(C)c2c1[nH]c1ccccc12)CCN=c1c2ccccc2n(C)c2c1[nH]c1ccccc12. The monoisotopic (exact) mass is 648 g/mol. The highest BCUT2D eigenvalue weighted by atomic mass is 15.1. The molecule has 0 saturated heterocycles. The molecule has 0 fully saturated rings. The molecule has 49 heavy (non-hydrogen) atoms. The van der Waals surface area contributed by atoms with Crippen LogP contribution in [-0.2, 0) is 14.1 Å². The van der Waals surface area contributed by atoms with E-state index in [4.69, 9.17) is 9.98 Å². The molecule has 0 unspecified atom stereocenters. The first-order valence-corrected chi connectivity index (χ1v) is 17.3. The van der Waals surface area contributed by atoms with Gasteiger partial charge in [0.2, 0.25) is 0 Å². The third-order valence-electron chi connectivity index (χ3n) is 10.1. The number of pyridine rings is 2. The Hall–Kier alpha value is -5.18. The minimum atomic E-state index is 0.748. The number of benzene rings is 4. The highest BCUT2D eigenvalue weighted by Gasteiger charge is 2.14. The van der Waals surface area contributed by atoms with Gasteiger partial charge in [-0.15, -0.1) is 0 Å². The lowest BCUT2D eigenvalue weighted by Gasteiger charge is -2.19. The number of hydrogen-bond donors (Lipinski definition) is 2. The third kappa shape index (κ3) is 5.61. The van der Waals surface area contributed by atoms with Crippen molar-refractivity contribution in [2.45, 2.75) is 6.42 Å². The van der Waals surface area contributed by atoms with E-state index in [0.717, 1.165) is 78.5 Å². The molecule has 8 rings (SSSR count). The molecule has 0 spiro atoms. The molecular formula is C41H44N8. The summed E-state index contributed by atoms with van der Waals surface area (Å²) in [6.45, 7) is 5.37. The van der Waals surface area contributed by atoms with Crippen LogP contribution < -0.4 is 10.7 Å². The molecule has 0 bridgehead atoms. The zero-order valence-corrected chi connectivity index (χ0v) is 28.9. The van der Waals surface area contributed by atoms with Gasteiger partial charge in [0.05, 0.1) is 56.9 Å². The molecule has 4 heterocycles. The summed E-state index contributed by atoms with van der Waals surface area (Å²) in [5.41, 5.74) is 9.31. The van der Waals surface area contributed by atoms with E-state index in [2.05, 4.69) is 154 Å². The Kier molecular flexibility index (Phi) is 8.27. The van der Waals surface area contributed by atoms with Gasteiger partial charge in [0.15, 0.2) is 0 Å². The number of fused-ring (bicyclic) bond motifs is 8. The minimum Gasteiger partial charge on any atom is -0.351 e. The average Bonchev–Trinajstić information content (AvgIpc) is 3.71. The molecule has 0 radical (unpaired) electrons. The molecule has 0 aliphatic carbocycles. The van der Waals surface area contributed by atoms with E-state index >= 15 is 0 Å². The fourth-order valence-corrected chi connectivity index (χ4v) is 7.56. The first kappa shape index (κ1) is 31.1. The Labute approximate surface area is 285 Å². The van der Waals surface area contributed by atoms with E-state index < -0.39 is 0 Å². The molecule has 2 N–H and O–H groups in total. The second-order valence-corrected chi connectivity index (χ2v) is 13.4. The van der Waals surface area contributed by atoms with Crippen molar-refractivity contribution in [1.29, 1.82) is 0 Å². The standard InChI is InChI=1S/C41H44N8/c1-46(26-22-42-36-30-16-7-11-20-34(30)48(3)40-28-14-5-9-18-32(28)44-38(36)40)24-13-25-47(2)27-23-43-37-31-17-8-12-21-35(31)49(4)41-29-15-6-10-19-33(29)45-39(37)41/h5-12,14-21,44-45H,13,22-27H2,1-4H3. The van der Waals surface area contributed by atoms with Crippen molar-refractivity contribution in [2.24, 2.45) is 24.1 Å². The quantitative estimate of drug-likeness (QED) is 0.173. The molecule has 4 aromatic heterocycles. The molecule has 4 aromatic carbocycles. The largest absolute Gasteiger partial charge is 0.351 e. The van der Waals surface area contributed by atoms with E-state index in [1.54, 1.807) is 0 Å². The van der Waals surface area contributed by atoms with Gasteiger partial charge in [-0.1, -0.05) is 72.8 Å². The van der Waals surface area contributed by atoms with Crippen LogP contribution in [0.5, 0.6) is 0 Å². The molecule has 8 nitrogen and oxygen atoms in total. The van der Waals surface area contributed by atoms with Crippen molar-refractivity contribution in [3.8, 4) is 0 Å². The first-order valence-electron chi connectivity index (χ1n) is 17.3. The van der Waals surface area contributed by atoms with E-state index in [0.29, 0.717) is 0 Å². The lowest BCUT2D eigenvalue weighted by molar-refractivity contribution is 0.286. The van der Waals surface area contributed by atoms with E-state index in [1.807, 2.05) is 0 Å². The van der Waals surface area contributed by atoms with Crippen molar-refractivity contribution in [3.05, 3.63) is 108 Å². The maximum atomic E-state index is 5.20. The summed E-state index contributed by atoms with van der Waals surface area (Å²) < 4.78 is 4.59. The molecular weight excluding hydrogens is 605 g/mol. The smallest absolute Gasteiger partial charge is 0.0924 e. The number of rotatable bonds is 10. The van der Waals surface area contributed by atoms with Gasteiger partial charge in [0.25, 0.3) is 0 Å². The molecule has 0 saturated carbocycles. The summed E-state index contributed by atoms with van der Waals surface area (Å²) in [7, 11) is 8.72. The van der Waals surface area contributed by atoms with Gasteiger partial charge in [0.1, 0.15) is 0 Å². The van der Waals surface area contributed by atoms with Crippen molar-refractivity contribution in [2.75, 3.05) is 53.4 Å². The fourth-order valence-electron chi connectivity index (χ4n) is 7.56. The number of aromatic nitrogens is 4. The van der Waals surface area contributed by atoms with Crippen LogP contribution in [0, 0.1) is 0 Å². The zero-order valence-electron chi connectivity index (χ0n) is 28.9. The number of para-hydroxylation sites is 4. The molecule has 0 atom stereocenters. The molecule has 8 aromatic rings. The van der Waals surface area contributed by atoms with Crippen LogP contribution in [-0.4, -0.2) is 82.3 Å². The Morgan fingerprint density at radius 3 is 1.35 bits per heavy atom. The number of aryl methyl sites for hydroxylation is 2. The van der Waals surface area contributed by atoms with E-state index in [1.165, 1.54) is 43.6 Å². The second kappa shape index (κ2) is 13.0. The normalized spacial score (nSPS) is 13.3. The predicted molar refractivity (Wildman–Crippen MR) is 205 cm³/mol. The average molecular weight is 649 g/mol. The number of H-pyrrole nitrogens is 2. The van der Waals surface area contributed by atoms with Crippen molar-refractivity contribution >= 4 is 65.7 Å². The van der Waals surface area contributed by atoms with Gasteiger partial charge < -0.3 is 28.9 Å². The van der Waals surface area contributed by atoms with Crippen LogP contribution in [0.25, 0.3) is 65.7 Å². The zero-order chi connectivity index (χ0) is 33.5. The highest BCUT2D eigenvalue weighted by Crippen LogP contribution is 2.27. The van der Waals surface area contributed by atoms with Crippen LogP contribution in [0.4, 0.5) is 0 Å². The van der Waals surface area contributed by atoms with Gasteiger partial charge >= 0.3 is 0 Å². The van der Waals surface area contributed by atoms with Crippen LogP contribution in [0.3, 0.4) is 0 Å². The lowest BCUT2D eigenvalue weighted by Crippen LogP contribution is -2.29. The fraction of sp³-hybridized carbons (Fsp3) is 0.268. The van der Waals surface area contributed by atoms with E-state index in [-0.39, 0.29) is 0 Å². The molecule has 0 amide bonds. The van der Waals surface area contributed by atoms with Crippen LogP contribution in [0.1, 0.15) is 6.42 Å². The summed E-state index contributed by atoms with van der Waals surface area (Å²) in [5, 5.41) is 6.94. The number of aromatic amines is 2. The Balaban J connectivity index is 0.930. The Bertz CT molecular complexity index is 2430. The molecule has 248 valence electrons. The van der Waals surface area contributed by atoms with Gasteiger partial charge in [-0.3, -0.25) is 9.98 Å². The van der Waals surface area contributed by atoms with Crippen LogP contribution in [0.15, 0.2) is 107 Å². The summed E-state index contributed by atoms with van der Waals surface area (Å²) in [5.74, 6) is 0. The maximum absolute atomic E-state index is 5.20. The van der Waals surface area contributed by atoms with E-state index in [9.17, 15) is 0 Å². The number of hydrogen-bond acceptors (Lipinski definition) is 4. The summed E-state index contributed by atoms with van der Waals surface area (Å²) in [4.78, 5) is 22.5. The first-order chi connectivity index (χ1) is 24.0. The molecule has 8 heteroatoms. The van der Waals surface area contributed by atoms with Crippen molar-refractivity contribution in [1.82, 2.24) is 28.9 Å². The summed E-state index contributed by atoms with van der Waals surface area (Å²) >= 11 is 0. The van der Waals surface area contributed by atoms with Crippen LogP contribution in [0.2, 0.25) is 0 Å². The Morgan fingerprint density at radius 1 is 0.510 bits per heavy atom. The minimum absolute atomic E-state index is 0.748. The Morgan fingerprint density at radius 2 is 0.898 bits per heavy atom. The van der Waals surface area contributed by atoms with Gasteiger partial charge in [-0.25, -0.2) is 0 Å². The maximum Gasteiger partial charge on any atom is 0.0924 e. The second-order valence-electron chi connectivity index (χ2n) is 13.4. The van der Waals surface area contributed by atoms with Crippen molar-refractivity contribution < 1.29 is 0 Å². The highest BCUT2D eigenvalue weighted by molar-refractivity contribution is 6.09. The number of likely N-dealkylation sites (N-methyl/N-ethyl adjacent to an activating group) is 2. The number of nitrogens with one attached hydrogen (secondary N) is 2. The van der Waals surface area contributed by atoms with Gasteiger partial charge in [-0.2, -0.15) is 0 Å². The van der Waals surface area contributed by atoms with Gasteiger partial charge in [0, 0.05) is 59.8 Å². The summed E-state index contributed by atoms with van der Waals surface area (Å²) in [6.07, 6.45) is 1.10. The topological polar surface area (TPSA) is 72.6 Å². The van der Waals surface area contributed by atoms with Crippen molar-refractivity contribution in [3.63, 3.8) is 0 Å². The predicted octanol–water partition coefficient (Wildman–Crippen LogP) is 6.69. The van der Waals surface area contributed by atoms with Gasteiger partial charge in [-0.05, 0) is 57.9 Å². The molecule has 0 aliphatic rings. The summed E-state index contributed by atoms with van der Waals surface area (Å²) in [6, 6.07) is 34.3. The number of nitrogens with zero attached hydrogens (tertiary/aromatic N) is 6. The third-order valence-corrected chi connectivity index (χ3v) is 10.1. The molecule has 0 aliphatic heterocycles. The lowest BCUT2D eigenvalue weighted by atomic mass is 10.1. The van der Waals surface area contributed by atoms with Crippen LogP contribution >= 0.6 is 0 Å².